The second kappa shape index (κ2) is 7.97. The summed E-state index contributed by atoms with van der Waals surface area (Å²) in [4.78, 5) is 23.4. The molecule has 1 saturated heterocycles. The Bertz CT molecular complexity index is 1450. The molecule has 0 spiro atoms. The molecule has 1 atom stereocenters. The van der Waals surface area contributed by atoms with Crippen molar-refractivity contribution in [2.75, 3.05) is 24.5 Å². The van der Waals surface area contributed by atoms with Crippen LogP contribution in [0.15, 0.2) is 72.1 Å². The number of benzene rings is 2. The van der Waals surface area contributed by atoms with Crippen LogP contribution in [0.1, 0.15) is 17.3 Å². The Morgan fingerprint density at radius 3 is 2.58 bits per heavy atom. The minimum atomic E-state index is 0.0384. The van der Waals surface area contributed by atoms with Gasteiger partial charge in [-0.3, -0.25) is 4.79 Å². The molecule has 1 aliphatic heterocycles. The molecule has 1 amide bonds. The highest BCUT2D eigenvalue weighted by atomic mass is 32.1. The van der Waals surface area contributed by atoms with Crippen molar-refractivity contribution in [2.45, 2.75) is 13.0 Å². The fourth-order valence-corrected chi connectivity index (χ4v) is 5.23. The van der Waals surface area contributed by atoms with Crippen LogP contribution in [-0.4, -0.2) is 56.1 Å². The molecule has 1 fully saturated rings. The predicted molar refractivity (Wildman–Crippen MR) is 131 cm³/mol. The Labute approximate surface area is 194 Å². The minimum absolute atomic E-state index is 0.0384. The van der Waals surface area contributed by atoms with Gasteiger partial charge in [0.15, 0.2) is 11.5 Å². The maximum Gasteiger partial charge on any atom is 0.254 e. The number of thiophene rings is 1. The lowest BCUT2D eigenvalue weighted by atomic mass is 10.1. The average molecular weight is 455 g/mol. The van der Waals surface area contributed by atoms with Crippen LogP contribution in [0, 0.1) is 0 Å². The number of anilines is 1. The van der Waals surface area contributed by atoms with E-state index in [4.69, 9.17) is 4.98 Å². The number of piperazine rings is 1. The van der Waals surface area contributed by atoms with Crippen LogP contribution >= 0.6 is 11.3 Å². The third-order valence-electron chi connectivity index (χ3n) is 6.16. The first-order valence-corrected chi connectivity index (χ1v) is 11.9. The Hall–Kier alpha value is -3.78. The molecule has 8 heteroatoms. The number of hydrogen-bond donors (Lipinski definition) is 0. The first kappa shape index (κ1) is 19.9. The van der Waals surface area contributed by atoms with Crippen molar-refractivity contribution < 1.29 is 4.79 Å². The quantitative estimate of drug-likeness (QED) is 0.405. The van der Waals surface area contributed by atoms with Gasteiger partial charge < -0.3 is 9.80 Å². The molecule has 0 radical (unpaired) electrons. The zero-order chi connectivity index (χ0) is 22.4. The summed E-state index contributed by atoms with van der Waals surface area (Å²) in [6, 6.07) is 21.6. The molecule has 0 N–H and O–H groups in total. The standard InChI is InChI=1S/C25H22N6OS/c1-17-16-29(13-14-30(17)24(32)18-8-3-2-4-9-18)25-26-20-11-6-5-10-19(20)22-27-28-23(31(22)25)21-12-7-15-33-21/h2-12,15,17H,13-14,16H2,1H3/t17-/m0/s1. The normalized spacial score (nSPS) is 16.6. The maximum absolute atomic E-state index is 13.1. The van der Waals surface area contributed by atoms with Gasteiger partial charge in [-0.2, -0.15) is 0 Å². The number of nitrogens with zero attached hydrogens (tertiary/aromatic N) is 6. The smallest absolute Gasteiger partial charge is 0.254 e. The third-order valence-corrected chi connectivity index (χ3v) is 7.03. The van der Waals surface area contributed by atoms with Crippen LogP contribution < -0.4 is 4.90 Å². The second-order valence-electron chi connectivity index (χ2n) is 8.25. The van der Waals surface area contributed by atoms with Crippen molar-refractivity contribution in [1.29, 1.82) is 0 Å². The molecule has 33 heavy (non-hydrogen) atoms. The van der Waals surface area contributed by atoms with E-state index in [1.54, 1.807) is 11.3 Å². The van der Waals surface area contributed by atoms with Crippen molar-refractivity contribution in [3.63, 3.8) is 0 Å². The Morgan fingerprint density at radius 2 is 1.79 bits per heavy atom. The molecule has 164 valence electrons. The van der Waals surface area contributed by atoms with Crippen LogP contribution in [0.4, 0.5) is 5.95 Å². The number of amides is 1. The van der Waals surface area contributed by atoms with Gasteiger partial charge in [0.05, 0.1) is 10.4 Å². The summed E-state index contributed by atoms with van der Waals surface area (Å²) in [5, 5.41) is 12.1. The summed E-state index contributed by atoms with van der Waals surface area (Å²) in [5.74, 6) is 1.68. The second-order valence-corrected chi connectivity index (χ2v) is 9.20. The monoisotopic (exact) mass is 454 g/mol. The maximum atomic E-state index is 13.1. The largest absolute Gasteiger partial charge is 0.338 e. The Balaban J connectivity index is 1.41. The van der Waals surface area contributed by atoms with Gasteiger partial charge in [-0.1, -0.05) is 36.4 Å². The molecule has 0 aliphatic carbocycles. The number of fused-ring (bicyclic) bond motifs is 3. The van der Waals surface area contributed by atoms with E-state index in [9.17, 15) is 4.79 Å². The highest BCUT2D eigenvalue weighted by molar-refractivity contribution is 7.13. The van der Waals surface area contributed by atoms with Crippen LogP contribution in [0.3, 0.4) is 0 Å². The topological polar surface area (TPSA) is 66.6 Å². The lowest BCUT2D eigenvalue weighted by Crippen LogP contribution is -2.54. The molecule has 0 bridgehead atoms. The fourth-order valence-electron chi connectivity index (χ4n) is 4.53. The number of hydrogen-bond acceptors (Lipinski definition) is 6. The molecule has 2 aromatic carbocycles. The van der Waals surface area contributed by atoms with Crippen molar-refractivity contribution >= 4 is 39.7 Å². The van der Waals surface area contributed by atoms with Gasteiger partial charge in [0, 0.05) is 36.6 Å². The summed E-state index contributed by atoms with van der Waals surface area (Å²) in [6.07, 6.45) is 0. The van der Waals surface area contributed by atoms with Gasteiger partial charge in [0.25, 0.3) is 5.91 Å². The minimum Gasteiger partial charge on any atom is -0.338 e. The van der Waals surface area contributed by atoms with E-state index in [0.717, 1.165) is 38.8 Å². The zero-order valence-corrected chi connectivity index (χ0v) is 18.9. The van der Waals surface area contributed by atoms with E-state index in [2.05, 4.69) is 32.5 Å². The lowest BCUT2D eigenvalue weighted by Gasteiger charge is -2.40. The van der Waals surface area contributed by atoms with E-state index in [1.165, 1.54) is 0 Å². The van der Waals surface area contributed by atoms with Crippen LogP contribution in [0.5, 0.6) is 0 Å². The van der Waals surface area contributed by atoms with Crippen molar-refractivity contribution in [3.8, 4) is 10.7 Å². The van der Waals surface area contributed by atoms with E-state index in [1.807, 2.05) is 70.9 Å². The molecule has 4 heterocycles. The molecule has 1 aliphatic rings. The number of para-hydroxylation sites is 1. The van der Waals surface area contributed by atoms with Gasteiger partial charge in [-0.25, -0.2) is 9.38 Å². The zero-order valence-electron chi connectivity index (χ0n) is 18.1. The predicted octanol–water partition coefficient (Wildman–Crippen LogP) is 4.36. The molecular weight excluding hydrogens is 432 g/mol. The van der Waals surface area contributed by atoms with Gasteiger partial charge >= 0.3 is 0 Å². The Morgan fingerprint density at radius 1 is 0.970 bits per heavy atom. The van der Waals surface area contributed by atoms with Crippen LogP contribution in [0.2, 0.25) is 0 Å². The van der Waals surface area contributed by atoms with E-state index in [-0.39, 0.29) is 11.9 Å². The highest BCUT2D eigenvalue weighted by Gasteiger charge is 2.31. The first-order valence-electron chi connectivity index (χ1n) is 11.0. The summed E-state index contributed by atoms with van der Waals surface area (Å²) in [6.45, 7) is 4.09. The number of carbonyl (C=O) groups excluding carboxylic acids is 1. The average Bonchev–Trinajstić information content (AvgIpc) is 3.54. The summed E-state index contributed by atoms with van der Waals surface area (Å²) in [5.41, 5.74) is 2.41. The number of aromatic nitrogens is 4. The van der Waals surface area contributed by atoms with E-state index < -0.39 is 0 Å². The van der Waals surface area contributed by atoms with Gasteiger partial charge in [-0.05, 0) is 42.6 Å². The number of rotatable bonds is 3. The van der Waals surface area contributed by atoms with Gasteiger partial charge in [0.1, 0.15) is 0 Å². The molecule has 3 aromatic heterocycles. The first-order chi connectivity index (χ1) is 16.2. The summed E-state index contributed by atoms with van der Waals surface area (Å²) in [7, 11) is 0. The SMILES string of the molecule is C[C@H]1CN(c2nc3ccccc3c3nnc(-c4cccs4)n23)CCN1C(=O)c1ccccc1. The molecule has 7 nitrogen and oxygen atoms in total. The van der Waals surface area contributed by atoms with Crippen LogP contribution in [-0.2, 0) is 0 Å². The Kier molecular flexibility index (Phi) is 4.80. The molecule has 5 aromatic rings. The van der Waals surface area contributed by atoms with E-state index in [0.29, 0.717) is 19.6 Å². The van der Waals surface area contributed by atoms with Crippen molar-refractivity contribution in [3.05, 3.63) is 77.7 Å². The molecular formula is C25H22N6OS. The fraction of sp³-hybridized carbons (Fsp3) is 0.200. The summed E-state index contributed by atoms with van der Waals surface area (Å²) >= 11 is 1.64. The molecule has 0 saturated carbocycles. The molecule has 6 rings (SSSR count). The lowest BCUT2D eigenvalue weighted by molar-refractivity contribution is 0.0673. The third kappa shape index (κ3) is 3.34. The van der Waals surface area contributed by atoms with Crippen LogP contribution in [0.25, 0.3) is 27.3 Å². The van der Waals surface area contributed by atoms with E-state index >= 15 is 0 Å². The van der Waals surface area contributed by atoms with Gasteiger partial charge in [-0.15, -0.1) is 21.5 Å². The van der Waals surface area contributed by atoms with Crippen molar-refractivity contribution in [2.24, 2.45) is 0 Å². The molecule has 0 unspecified atom stereocenters. The number of carbonyl (C=O) groups is 1. The highest BCUT2D eigenvalue weighted by Crippen LogP contribution is 2.31. The van der Waals surface area contributed by atoms with Crippen molar-refractivity contribution in [1.82, 2.24) is 24.5 Å². The van der Waals surface area contributed by atoms with Gasteiger partial charge in [0.2, 0.25) is 5.95 Å². The summed E-state index contributed by atoms with van der Waals surface area (Å²) < 4.78 is 2.07.